The molecule has 0 spiro atoms. The van der Waals surface area contributed by atoms with E-state index in [2.05, 4.69) is 0 Å². The number of Topliss-reactive ketones (excluding diaryl/α,β-unsaturated/α-hetero) is 4. The summed E-state index contributed by atoms with van der Waals surface area (Å²) in [5.74, 6) is -5.80. The molecule has 41 heavy (non-hydrogen) atoms. The summed E-state index contributed by atoms with van der Waals surface area (Å²) in [5, 5.41) is 46.2. The lowest BCUT2D eigenvalue weighted by Gasteiger charge is -2.57. The first kappa shape index (κ1) is 30.6. The summed E-state index contributed by atoms with van der Waals surface area (Å²) in [6, 6.07) is 10.2. The molecule has 218 valence electrons. The first-order valence-electron chi connectivity index (χ1n) is 12.6. The Balaban J connectivity index is 2.06. The molecule has 0 amide bonds. The van der Waals surface area contributed by atoms with Gasteiger partial charge in [0, 0.05) is 11.6 Å². The van der Waals surface area contributed by atoms with E-state index < -0.39 is 64.2 Å². The van der Waals surface area contributed by atoms with Gasteiger partial charge in [-0.25, -0.2) is 4.39 Å². The van der Waals surface area contributed by atoms with E-state index in [-0.39, 0.29) is 17.0 Å². The molecule has 3 aromatic rings. The summed E-state index contributed by atoms with van der Waals surface area (Å²) in [5.41, 5.74) is -9.05. The number of halogens is 2. The van der Waals surface area contributed by atoms with Crippen LogP contribution in [0.25, 0.3) is 10.9 Å². The van der Waals surface area contributed by atoms with E-state index >= 15 is 0 Å². The van der Waals surface area contributed by atoms with Crippen LogP contribution in [-0.2, 0) is 30.3 Å². The molecule has 1 saturated heterocycles. The zero-order valence-corrected chi connectivity index (χ0v) is 23.3. The van der Waals surface area contributed by atoms with Gasteiger partial charge in [-0.1, -0.05) is 29.8 Å². The maximum atomic E-state index is 13.5. The number of ketones is 4. The zero-order valence-electron chi connectivity index (χ0n) is 22.6. The molecule has 1 aromatic heterocycles. The van der Waals surface area contributed by atoms with Gasteiger partial charge in [-0.15, -0.1) is 0 Å². The molecule has 12 heteroatoms. The molecule has 2 aromatic carbocycles. The molecule has 10 nitrogen and oxygen atoms in total. The summed E-state index contributed by atoms with van der Waals surface area (Å²) in [7, 11) is 0. The van der Waals surface area contributed by atoms with Crippen molar-refractivity contribution in [3.05, 3.63) is 70.6 Å². The van der Waals surface area contributed by atoms with Crippen LogP contribution >= 0.6 is 11.6 Å². The molecule has 6 atom stereocenters. The van der Waals surface area contributed by atoms with E-state index in [1.54, 1.807) is 12.1 Å². The van der Waals surface area contributed by atoms with Crippen molar-refractivity contribution in [2.75, 3.05) is 0 Å². The van der Waals surface area contributed by atoms with Gasteiger partial charge in [0.05, 0.1) is 10.5 Å². The highest BCUT2D eigenvalue weighted by Gasteiger charge is 2.79. The van der Waals surface area contributed by atoms with Crippen molar-refractivity contribution in [2.45, 2.75) is 69.4 Å². The molecule has 0 radical (unpaired) electrons. The number of aliphatic hydroxyl groups excluding tert-OH is 1. The highest BCUT2D eigenvalue weighted by atomic mass is 35.5. The normalized spacial score (nSPS) is 28.8. The Morgan fingerprint density at radius 2 is 1.56 bits per heavy atom. The topological polar surface area (TPSA) is 163 Å². The highest BCUT2D eigenvalue weighted by Crippen LogP contribution is 2.52. The van der Waals surface area contributed by atoms with Crippen LogP contribution in [0.3, 0.4) is 0 Å². The van der Waals surface area contributed by atoms with Crippen LogP contribution < -0.4 is 0 Å². The molecule has 0 saturated carbocycles. The number of nitrogens with zero attached hydrogens (tertiary/aromatic N) is 1. The Bertz CT molecular complexity index is 1570. The van der Waals surface area contributed by atoms with Gasteiger partial charge in [-0.2, -0.15) is 0 Å². The molecule has 2 heterocycles. The smallest absolute Gasteiger partial charge is 0.207 e. The minimum Gasteiger partial charge on any atom is -0.386 e. The number of fused-ring (bicyclic) bond motifs is 1. The van der Waals surface area contributed by atoms with Gasteiger partial charge in [-0.3, -0.25) is 19.2 Å². The van der Waals surface area contributed by atoms with E-state index in [0.717, 1.165) is 32.3 Å². The Kier molecular flexibility index (Phi) is 7.85. The van der Waals surface area contributed by atoms with E-state index in [1.165, 1.54) is 36.5 Å². The average Bonchev–Trinajstić information content (AvgIpc) is 3.26. The molecule has 4 rings (SSSR count). The number of rotatable bonds is 8. The van der Waals surface area contributed by atoms with Crippen LogP contribution in [0.1, 0.15) is 45.0 Å². The predicted molar refractivity (Wildman–Crippen MR) is 144 cm³/mol. The number of aliphatic hydroxyl groups is 4. The van der Waals surface area contributed by atoms with Crippen molar-refractivity contribution in [3.63, 3.8) is 0 Å². The predicted octanol–water partition coefficient (Wildman–Crippen LogP) is 1.83. The molecule has 1 aliphatic heterocycles. The lowest BCUT2D eigenvalue weighted by Crippen LogP contribution is -2.85. The maximum Gasteiger partial charge on any atom is 0.207 e. The van der Waals surface area contributed by atoms with E-state index in [1.807, 2.05) is 0 Å². The molecule has 0 aliphatic carbocycles. The highest BCUT2D eigenvalue weighted by molar-refractivity contribution is 6.35. The number of ether oxygens (including phenoxy) is 1. The van der Waals surface area contributed by atoms with Crippen LogP contribution in [0, 0.1) is 5.82 Å². The Hall–Kier alpha value is -3.32. The number of carbonyl (C=O) groups excluding carboxylic acids is 4. The monoisotopic (exact) mass is 589 g/mol. The van der Waals surface area contributed by atoms with Crippen molar-refractivity contribution >= 4 is 45.6 Å². The molecular weight excluding hydrogens is 561 g/mol. The van der Waals surface area contributed by atoms with Gasteiger partial charge in [-0.05, 0) is 69.5 Å². The number of carbonyl (C=O) groups is 4. The van der Waals surface area contributed by atoms with Gasteiger partial charge in [0.2, 0.25) is 11.2 Å². The number of hydrogen-bond donors (Lipinski definition) is 4. The van der Waals surface area contributed by atoms with Gasteiger partial charge in [0.25, 0.3) is 0 Å². The van der Waals surface area contributed by atoms with E-state index in [4.69, 9.17) is 16.3 Å². The summed E-state index contributed by atoms with van der Waals surface area (Å²) < 4.78 is 20.5. The van der Waals surface area contributed by atoms with Crippen molar-refractivity contribution in [1.82, 2.24) is 4.57 Å². The minimum atomic E-state index is -3.61. The summed E-state index contributed by atoms with van der Waals surface area (Å²) in [4.78, 5) is 52.3. The average molecular weight is 590 g/mol. The third-order valence-electron chi connectivity index (χ3n) is 7.80. The van der Waals surface area contributed by atoms with Crippen molar-refractivity contribution in [2.24, 2.45) is 0 Å². The number of hydrogen-bond acceptors (Lipinski definition) is 9. The Morgan fingerprint density at radius 3 is 2.07 bits per heavy atom. The molecule has 0 bridgehead atoms. The largest absolute Gasteiger partial charge is 0.386 e. The van der Waals surface area contributed by atoms with Crippen LogP contribution in [0.2, 0.25) is 5.02 Å². The first-order valence-corrected chi connectivity index (χ1v) is 13.0. The fourth-order valence-electron chi connectivity index (χ4n) is 5.65. The van der Waals surface area contributed by atoms with Crippen molar-refractivity contribution in [1.29, 1.82) is 0 Å². The third-order valence-corrected chi connectivity index (χ3v) is 8.12. The number of aromatic nitrogens is 1. The molecule has 1 fully saturated rings. The SMILES string of the molecule is CC(=O)[C@]1(O)[C@@](O)(C(C)=O)[C@@H](C(=O)C(C)O)O[C@@H](n2cc(Cc3ccc(F)cc3)c3c(Cl)cccc32)[C@@]1(O)C(C)=O. The Labute approximate surface area is 238 Å². The lowest BCUT2D eigenvalue weighted by atomic mass is 9.59. The third kappa shape index (κ3) is 4.35. The zero-order chi connectivity index (χ0) is 30.7. The maximum absolute atomic E-state index is 13.5. The Morgan fingerprint density at radius 1 is 0.976 bits per heavy atom. The van der Waals surface area contributed by atoms with E-state index in [9.17, 15) is 44.0 Å². The van der Waals surface area contributed by atoms with Gasteiger partial charge in [0.1, 0.15) is 11.9 Å². The van der Waals surface area contributed by atoms with E-state index in [0.29, 0.717) is 16.5 Å². The molecule has 4 N–H and O–H groups in total. The summed E-state index contributed by atoms with van der Waals surface area (Å²) >= 11 is 6.53. The fourth-order valence-corrected chi connectivity index (χ4v) is 5.94. The molecular formula is C29H29ClFNO9. The quantitative estimate of drug-likeness (QED) is 0.307. The van der Waals surface area contributed by atoms with Crippen LogP contribution in [0.15, 0.2) is 48.7 Å². The van der Waals surface area contributed by atoms with Crippen LogP contribution in [0.4, 0.5) is 4.39 Å². The van der Waals surface area contributed by atoms with Gasteiger partial charge in [0.15, 0.2) is 41.1 Å². The summed E-state index contributed by atoms with van der Waals surface area (Å²) in [6.45, 7) is 3.32. The molecule has 1 aliphatic rings. The van der Waals surface area contributed by atoms with Gasteiger partial charge < -0.3 is 29.7 Å². The summed E-state index contributed by atoms with van der Waals surface area (Å²) in [6.07, 6.45) is -4.76. The van der Waals surface area contributed by atoms with Crippen molar-refractivity contribution in [3.8, 4) is 0 Å². The van der Waals surface area contributed by atoms with Crippen molar-refractivity contribution < 1.29 is 48.7 Å². The second kappa shape index (κ2) is 10.5. The fraction of sp³-hybridized carbons (Fsp3) is 0.379. The van der Waals surface area contributed by atoms with Gasteiger partial charge >= 0.3 is 0 Å². The lowest BCUT2D eigenvalue weighted by molar-refractivity contribution is -0.327. The second-order valence-corrected chi connectivity index (χ2v) is 10.8. The van der Waals surface area contributed by atoms with Crippen LogP contribution in [0.5, 0.6) is 0 Å². The minimum absolute atomic E-state index is 0.170. The van der Waals surface area contributed by atoms with Crippen LogP contribution in [-0.4, -0.2) is 77.1 Å². The first-order chi connectivity index (χ1) is 19.0. The standard InChI is InChI=1S/C29H29ClFNO9/c1-14(33)24(37)25-27(38,15(2)34)29(40,17(4)36)28(39,16(3)35)26(41-25)32-13-19(12-18-8-10-20(31)11-9-18)23-21(30)6-5-7-22(23)32/h5-11,13-14,25-26,33,38-40H,12H2,1-4H3/t14?,25-,26-,27-,28+,29+/m1/s1. The number of benzene rings is 2. The second-order valence-electron chi connectivity index (χ2n) is 10.4. The molecule has 1 unspecified atom stereocenters.